The Morgan fingerprint density at radius 2 is 1.62 bits per heavy atom. The predicted molar refractivity (Wildman–Crippen MR) is 87.3 cm³/mol. The van der Waals surface area contributed by atoms with E-state index in [1.165, 1.54) is 0 Å². The molecule has 0 saturated carbocycles. The van der Waals surface area contributed by atoms with E-state index in [1.54, 1.807) is 0 Å². The molecule has 0 unspecified atom stereocenters. The van der Waals surface area contributed by atoms with Crippen molar-refractivity contribution in [1.29, 1.82) is 0 Å². The topological polar surface area (TPSA) is 81.7 Å². The number of hydrogen-bond donors (Lipinski definition) is 1. The fourth-order valence-electron chi connectivity index (χ4n) is 2.06. The molecule has 1 N–H and O–H groups in total. The zero-order valence-corrected chi connectivity index (χ0v) is 14.3. The van der Waals surface area contributed by atoms with Crippen molar-refractivity contribution in [2.45, 2.75) is 12.8 Å². The summed E-state index contributed by atoms with van der Waals surface area (Å²) in [6, 6.07) is 7.81. The molecule has 0 fully saturated rings. The number of imide groups is 1. The average Bonchev–Trinajstić information content (AvgIpc) is 2.65. The van der Waals surface area contributed by atoms with Crippen molar-refractivity contribution >= 4 is 17.8 Å². The third-order valence-electron chi connectivity index (χ3n) is 3.35. The lowest BCUT2D eigenvalue weighted by atomic mass is 10.1. The summed E-state index contributed by atoms with van der Waals surface area (Å²) in [6.45, 7) is -3.96. The van der Waals surface area contributed by atoms with Gasteiger partial charge in [0.1, 0.15) is 5.75 Å². The summed E-state index contributed by atoms with van der Waals surface area (Å²) in [7, 11) is 0. The summed E-state index contributed by atoms with van der Waals surface area (Å²) in [4.78, 5) is 35.3. The van der Waals surface area contributed by atoms with Crippen LogP contribution in [0.1, 0.15) is 26.3 Å². The molecule has 0 radical (unpaired) electrons. The Morgan fingerprint density at radius 3 is 2.21 bits per heavy atom. The number of esters is 1. The van der Waals surface area contributed by atoms with Crippen LogP contribution in [0.5, 0.6) is 5.75 Å². The second-order valence-corrected chi connectivity index (χ2v) is 5.43. The Bertz CT molecular complexity index is 896. The number of hydrogen-bond acceptors (Lipinski definition) is 5. The zero-order chi connectivity index (χ0) is 21.6. The molecule has 0 bridgehead atoms. The van der Waals surface area contributed by atoms with Crippen LogP contribution in [0, 0.1) is 0 Å². The lowest BCUT2D eigenvalue weighted by Crippen LogP contribution is -2.34. The second kappa shape index (κ2) is 9.13. The molecule has 0 aliphatic rings. The largest absolute Gasteiger partial charge is 0.452 e. The number of carbonyl (C=O) groups is 3. The fraction of sp³-hybridized carbons (Fsp3) is 0.167. The summed E-state index contributed by atoms with van der Waals surface area (Å²) >= 11 is 0. The highest BCUT2D eigenvalue weighted by Crippen LogP contribution is 2.29. The monoisotopic (exact) mass is 417 g/mol. The van der Waals surface area contributed by atoms with Crippen LogP contribution in [0.2, 0.25) is 0 Å². The maximum absolute atomic E-state index is 12.6. The van der Waals surface area contributed by atoms with E-state index in [-0.39, 0.29) is 11.3 Å². The van der Waals surface area contributed by atoms with E-state index in [2.05, 4.69) is 9.47 Å². The van der Waals surface area contributed by atoms with E-state index < -0.39 is 48.3 Å². The minimum atomic E-state index is -4.66. The van der Waals surface area contributed by atoms with Gasteiger partial charge in [-0.1, -0.05) is 6.07 Å². The molecule has 29 heavy (non-hydrogen) atoms. The van der Waals surface area contributed by atoms with Gasteiger partial charge < -0.3 is 9.47 Å². The molecule has 0 saturated heterocycles. The fourth-order valence-corrected chi connectivity index (χ4v) is 2.06. The highest BCUT2D eigenvalue weighted by Gasteiger charge is 2.31. The SMILES string of the molecule is O=C(COC(=O)c1cccc(C(F)(F)F)c1)NC(=O)c1ccc(OC(F)F)cc1. The highest BCUT2D eigenvalue weighted by molar-refractivity contribution is 6.05. The molecule has 154 valence electrons. The van der Waals surface area contributed by atoms with Gasteiger partial charge in [-0.05, 0) is 42.5 Å². The maximum atomic E-state index is 12.6. The predicted octanol–water partition coefficient (Wildman–Crippen LogP) is 3.42. The molecule has 2 aromatic carbocycles. The van der Waals surface area contributed by atoms with Gasteiger partial charge in [0.2, 0.25) is 0 Å². The molecule has 6 nitrogen and oxygen atoms in total. The van der Waals surface area contributed by atoms with Gasteiger partial charge >= 0.3 is 18.8 Å². The summed E-state index contributed by atoms with van der Waals surface area (Å²) in [6.07, 6.45) is -4.66. The quantitative estimate of drug-likeness (QED) is 0.576. The van der Waals surface area contributed by atoms with Crippen LogP contribution in [0.3, 0.4) is 0 Å². The van der Waals surface area contributed by atoms with Crippen molar-refractivity contribution in [2.75, 3.05) is 6.61 Å². The minimum Gasteiger partial charge on any atom is -0.452 e. The summed E-state index contributed by atoms with van der Waals surface area (Å²) in [5.41, 5.74) is -1.55. The van der Waals surface area contributed by atoms with Crippen molar-refractivity contribution in [3.63, 3.8) is 0 Å². The Kier molecular flexibility index (Phi) is 6.86. The first-order valence-corrected chi connectivity index (χ1v) is 7.79. The average molecular weight is 417 g/mol. The molecule has 0 aromatic heterocycles. The molecule has 11 heteroatoms. The van der Waals surface area contributed by atoms with Crippen LogP contribution >= 0.6 is 0 Å². The molecule has 0 aliphatic carbocycles. The van der Waals surface area contributed by atoms with Crippen LogP contribution < -0.4 is 10.1 Å². The highest BCUT2D eigenvalue weighted by atomic mass is 19.4. The normalized spacial score (nSPS) is 11.1. The smallest absolute Gasteiger partial charge is 0.416 e. The van der Waals surface area contributed by atoms with Gasteiger partial charge in [0.25, 0.3) is 11.8 Å². The maximum Gasteiger partial charge on any atom is 0.416 e. The lowest BCUT2D eigenvalue weighted by Gasteiger charge is -2.09. The summed E-state index contributed by atoms with van der Waals surface area (Å²) in [5, 5.41) is 1.87. The van der Waals surface area contributed by atoms with Crippen LogP contribution in [0.25, 0.3) is 0 Å². The molecular weight excluding hydrogens is 405 g/mol. The van der Waals surface area contributed by atoms with Gasteiger partial charge in [-0.3, -0.25) is 14.9 Å². The van der Waals surface area contributed by atoms with Crippen LogP contribution in [-0.4, -0.2) is 31.0 Å². The molecule has 0 heterocycles. The number of halogens is 5. The van der Waals surface area contributed by atoms with Gasteiger partial charge in [-0.25, -0.2) is 4.79 Å². The third-order valence-corrected chi connectivity index (χ3v) is 3.35. The first-order valence-electron chi connectivity index (χ1n) is 7.79. The van der Waals surface area contributed by atoms with Gasteiger partial charge in [-0.15, -0.1) is 0 Å². The van der Waals surface area contributed by atoms with Gasteiger partial charge in [-0.2, -0.15) is 22.0 Å². The van der Waals surface area contributed by atoms with Crippen LogP contribution in [-0.2, 0) is 15.7 Å². The van der Waals surface area contributed by atoms with Crippen molar-refractivity contribution in [3.8, 4) is 5.75 Å². The van der Waals surface area contributed by atoms with Gasteiger partial charge in [0.15, 0.2) is 6.61 Å². The number of alkyl halides is 5. The van der Waals surface area contributed by atoms with E-state index in [9.17, 15) is 36.3 Å². The van der Waals surface area contributed by atoms with Crippen LogP contribution in [0.15, 0.2) is 48.5 Å². The van der Waals surface area contributed by atoms with E-state index in [4.69, 9.17) is 0 Å². The number of nitrogens with one attached hydrogen (secondary N) is 1. The van der Waals surface area contributed by atoms with Gasteiger partial charge in [0.05, 0.1) is 11.1 Å². The third kappa shape index (κ3) is 6.55. The Labute approximate surface area is 160 Å². The molecule has 0 atom stereocenters. The Morgan fingerprint density at radius 1 is 0.966 bits per heavy atom. The van der Waals surface area contributed by atoms with Crippen LogP contribution in [0.4, 0.5) is 22.0 Å². The summed E-state index contributed by atoms with van der Waals surface area (Å²) < 4.78 is 70.7. The van der Waals surface area contributed by atoms with Crippen molar-refractivity contribution in [2.24, 2.45) is 0 Å². The number of ether oxygens (including phenoxy) is 2. The van der Waals surface area contributed by atoms with E-state index in [0.717, 1.165) is 42.5 Å². The molecule has 0 aliphatic heterocycles. The molecule has 0 spiro atoms. The van der Waals surface area contributed by atoms with E-state index >= 15 is 0 Å². The van der Waals surface area contributed by atoms with Crippen molar-refractivity contribution < 1.29 is 45.8 Å². The number of carbonyl (C=O) groups excluding carboxylic acids is 3. The first kappa shape index (κ1) is 21.8. The number of amides is 2. The first-order chi connectivity index (χ1) is 13.6. The minimum absolute atomic E-state index is 0.0656. The van der Waals surface area contributed by atoms with Crippen molar-refractivity contribution in [3.05, 3.63) is 65.2 Å². The van der Waals surface area contributed by atoms with E-state index in [1.807, 2.05) is 5.32 Å². The van der Waals surface area contributed by atoms with E-state index in [0.29, 0.717) is 6.07 Å². The number of benzene rings is 2. The standard InChI is InChI=1S/C18H12F5NO5/c19-17(20)29-13-6-4-10(5-7-13)15(26)24-14(25)9-28-16(27)11-2-1-3-12(8-11)18(21,22)23/h1-8,17H,9H2,(H,24,25,26). The van der Waals surface area contributed by atoms with Gasteiger partial charge in [0, 0.05) is 5.56 Å². The molecular formula is C18H12F5NO5. The lowest BCUT2D eigenvalue weighted by molar-refractivity contribution is -0.137. The number of rotatable bonds is 6. The Hall–Kier alpha value is -3.50. The Balaban J connectivity index is 1.89. The second-order valence-electron chi connectivity index (χ2n) is 5.43. The van der Waals surface area contributed by atoms with Crippen molar-refractivity contribution in [1.82, 2.24) is 5.32 Å². The molecule has 2 rings (SSSR count). The molecule has 2 amide bonds. The zero-order valence-electron chi connectivity index (χ0n) is 14.3. The molecule has 2 aromatic rings. The summed E-state index contributed by atoms with van der Waals surface area (Å²) in [5.74, 6) is -3.33.